The molecular weight excluding hydrogens is 352 g/mol. The van der Waals surface area contributed by atoms with Crippen molar-refractivity contribution in [2.75, 3.05) is 18.0 Å². The molecule has 2 atom stereocenters. The molecule has 2 unspecified atom stereocenters. The van der Waals surface area contributed by atoms with E-state index in [-0.39, 0.29) is 22.8 Å². The fourth-order valence-corrected chi connectivity index (χ4v) is 8.42. The normalized spacial score (nSPS) is 40.1. The number of rotatable bonds is 1. The van der Waals surface area contributed by atoms with Crippen LogP contribution in [0.3, 0.4) is 0 Å². The summed E-state index contributed by atoms with van der Waals surface area (Å²) in [6, 6.07) is 6.62. The third-order valence-corrected chi connectivity index (χ3v) is 8.93. The van der Waals surface area contributed by atoms with E-state index in [2.05, 4.69) is 15.9 Å². The number of esters is 1. The van der Waals surface area contributed by atoms with Gasteiger partial charge in [0.2, 0.25) is 5.91 Å². The number of anilines is 1. The summed E-state index contributed by atoms with van der Waals surface area (Å²) < 4.78 is 5.64. The molecule has 1 aromatic rings. The van der Waals surface area contributed by atoms with Crippen molar-refractivity contribution in [1.82, 2.24) is 4.90 Å². The predicted molar refractivity (Wildman–Crippen MR) is 105 cm³/mol. The van der Waals surface area contributed by atoms with Crippen molar-refractivity contribution in [3.8, 4) is 5.75 Å². The quantitative estimate of drug-likeness (QED) is 0.553. The van der Waals surface area contributed by atoms with Crippen LogP contribution >= 0.6 is 0 Å². The van der Waals surface area contributed by atoms with Crippen LogP contribution in [0.2, 0.25) is 0 Å². The van der Waals surface area contributed by atoms with E-state index in [9.17, 15) is 9.59 Å². The SMILES string of the molecule is CC(=O)Oc1cccc2c1N(C(C)=O)C13CCC4(CCCN5CCC21C54)CC3. The van der Waals surface area contributed by atoms with Gasteiger partial charge in [0.1, 0.15) is 0 Å². The Balaban J connectivity index is 1.66. The second-order valence-electron chi connectivity index (χ2n) is 9.76. The van der Waals surface area contributed by atoms with Gasteiger partial charge in [-0.1, -0.05) is 12.1 Å². The minimum atomic E-state index is -0.326. The number of fused-ring (bicyclic) bond motifs is 3. The summed E-state index contributed by atoms with van der Waals surface area (Å²) in [7, 11) is 0. The van der Waals surface area contributed by atoms with Crippen LogP contribution in [0.1, 0.15) is 64.4 Å². The maximum atomic E-state index is 13.1. The number of para-hydroxylation sites is 1. The van der Waals surface area contributed by atoms with Gasteiger partial charge in [-0.25, -0.2) is 0 Å². The first-order valence-electron chi connectivity index (χ1n) is 10.8. The number of piperidine rings is 1. The summed E-state index contributed by atoms with van der Waals surface area (Å²) in [5.74, 6) is 0.319. The summed E-state index contributed by atoms with van der Waals surface area (Å²) in [5.41, 5.74) is 2.38. The average Bonchev–Trinajstić information content (AvgIpc) is 3.19. The first kappa shape index (κ1) is 17.0. The second kappa shape index (κ2) is 5.18. The molecule has 1 amide bonds. The molecular formula is C23H28N2O3. The third-order valence-electron chi connectivity index (χ3n) is 8.93. The fourth-order valence-electron chi connectivity index (χ4n) is 8.42. The number of ether oxygens (including phenoxy) is 1. The number of benzene rings is 1. The summed E-state index contributed by atoms with van der Waals surface area (Å²) in [5, 5.41) is 0. The van der Waals surface area contributed by atoms with E-state index in [1.54, 1.807) is 6.92 Å². The molecule has 0 radical (unpaired) electrons. The van der Waals surface area contributed by atoms with Gasteiger partial charge in [0.05, 0.1) is 11.2 Å². The van der Waals surface area contributed by atoms with Crippen molar-refractivity contribution in [3.63, 3.8) is 0 Å². The van der Waals surface area contributed by atoms with E-state index in [1.807, 2.05) is 12.1 Å². The molecule has 28 heavy (non-hydrogen) atoms. The number of carbonyl (C=O) groups is 2. The first-order valence-corrected chi connectivity index (χ1v) is 10.8. The molecule has 0 aromatic heterocycles. The van der Waals surface area contributed by atoms with Crippen LogP contribution in [-0.4, -0.2) is 41.4 Å². The molecule has 5 heteroatoms. The Labute approximate surface area is 166 Å². The van der Waals surface area contributed by atoms with Crippen LogP contribution in [0.4, 0.5) is 5.69 Å². The highest BCUT2D eigenvalue weighted by Gasteiger charge is 2.77. The average molecular weight is 380 g/mol. The van der Waals surface area contributed by atoms with E-state index in [0.29, 0.717) is 17.2 Å². The topological polar surface area (TPSA) is 49.9 Å². The maximum absolute atomic E-state index is 13.1. The van der Waals surface area contributed by atoms with E-state index in [4.69, 9.17) is 4.74 Å². The molecule has 5 nitrogen and oxygen atoms in total. The first-order chi connectivity index (χ1) is 13.5. The largest absolute Gasteiger partial charge is 0.424 e. The van der Waals surface area contributed by atoms with Crippen LogP contribution < -0.4 is 9.64 Å². The van der Waals surface area contributed by atoms with Gasteiger partial charge >= 0.3 is 5.97 Å². The molecule has 1 aromatic carbocycles. The predicted octanol–water partition coefficient (Wildman–Crippen LogP) is 3.40. The molecule has 3 saturated carbocycles. The van der Waals surface area contributed by atoms with E-state index < -0.39 is 0 Å². The van der Waals surface area contributed by atoms with Crippen LogP contribution in [0.25, 0.3) is 0 Å². The van der Waals surface area contributed by atoms with Crippen molar-refractivity contribution in [2.45, 2.75) is 75.8 Å². The summed E-state index contributed by atoms with van der Waals surface area (Å²) in [4.78, 5) is 29.7. The van der Waals surface area contributed by atoms with Gasteiger partial charge in [-0.15, -0.1) is 0 Å². The zero-order chi connectivity index (χ0) is 19.3. The number of nitrogens with zero attached hydrogens (tertiary/aromatic N) is 2. The zero-order valence-electron chi connectivity index (χ0n) is 16.8. The Bertz CT molecular complexity index is 901. The molecule has 7 rings (SSSR count). The summed E-state index contributed by atoms with van der Waals surface area (Å²) in [6.07, 6.45) is 8.32. The highest BCUT2D eigenvalue weighted by atomic mass is 16.5. The highest BCUT2D eigenvalue weighted by Crippen LogP contribution is 2.75. The highest BCUT2D eigenvalue weighted by molar-refractivity contribution is 6.00. The van der Waals surface area contributed by atoms with Gasteiger partial charge < -0.3 is 9.64 Å². The Hall–Kier alpha value is -1.88. The number of hydrogen-bond donors (Lipinski definition) is 0. The van der Waals surface area contributed by atoms with Gasteiger partial charge in [0.15, 0.2) is 5.75 Å². The molecule has 3 aliphatic carbocycles. The molecule has 3 aliphatic heterocycles. The molecule has 3 heterocycles. The Morgan fingerprint density at radius 1 is 1.04 bits per heavy atom. The molecule has 2 saturated heterocycles. The van der Waals surface area contributed by atoms with Crippen LogP contribution in [0.15, 0.2) is 18.2 Å². The van der Waals surface area contributed by atoms with E-state index in [0.717, 1.165) is 31.5 Å². The lowest BCUT2D eigenvalue weighted by Gasteiger charge is -2.68. The van der Waals surface area contributed by atoms with Crippen LogP contribution in [0.5, 0.6) is 5.75 Å². The smallest absolute Gasteiger partial charge is 0.308 e. The van der Waals surface area contributed by atoms with E-state index >= 15 is 0 Å². The number of hydrogen-bond acceptors (Lipinski definition) is 4. The van der Waals surface area contributed by atoms with Gasteiger partial charge in [0.25, 0.3) is 0 Å². The third kappa shape index (κ3) is 1.66. The standard InChI is InChI=1S/C23H28N2O3/c1-15(26)25-19-17(5-3-6-18(19)28-16(2)27)23-12-14-24-13-4-7-21(20(23)24)8-10-22(23,25)11-9-21/h3,5-6,20H,4,7-14H2,1-2H3. The molecule has 0 N–H and O–H groups in total. The van der Waals surface area contributed by atoms with Crippen molar-refractivity contribution < 1.29 is 14.3 Å². The lowest BCUT2D eigenvalue weighted by Crippen LogP contribution is -2.75. The fraction of sp³-hybridized carbons (Fsp3) is 0.652. The monoisotopic (exact) mass is 380 g/mol. The Morgan fingerprint density at radius 3 is 2.54 bits per heavy atom. The van der Waals surface area contributed by atoms with Crippen molar-refractivity contribution in [1.29, 1.82) is 0 Å². The van der Waals surface area contributed by atoms with Gasteiger partial charge in [-0.2, -0.15) is 0 Å². The van der Waals surface area contributed by atoms with Crippen LogP contribution in [0, 0.1) is 5.41 Å². The van der Waals surface area contributed by atoms with Crippen molar-refractivity contribution in [2.24, 2.45) is 5.41 Å². The Morgan fingerprint density at radius 2 is 1.82 bits per heavy atom. The van der Waals surface area contributed by atoms with Gasteiger partial charge in [-0.05, 0) is 75.1 Å². The van der Waals surface area contributed by atoms with E-state index in [1.165, 1.54) is 44.7 Å². The molecule has 5 fully saturated rings. The molecule has 2 bridgehead atoms. The van der Waals surface area contributed by atoms with Gasteiger partial charge in [0, 0.05) is 25.3 Å². The summed E-state index contributed by atoms with van der Waals surface area (Å²) in [6.45, 7) is 5.43. The van der Waals surface area contributed by atoms with Crippen molar-refractivity contribution >= 4 is 17.6 Å². The lowest BCUT2D eigenvalue weighted by atomic mass is 9.41. The summed E-state index contributed by atoms with van der Waals surface area (Å²) >= 11 is 0. The number of carbonyl (C=O) groups excluding carboxylic acids is 2. The minimum Gasteiger partial charge on any atom is -0.424 e. The second-order valence-corrected chi connectivity index (χ2v) is 9.76. The van der Waals surface area contributed by atoms with Crippen LogP contribution in [-0.2, 0) is 15.0 Å². The lowest BCUT2D eigenvalue weighted by molar-refractivity contribution is -0.132. The Kier molecular flexibility index (Phi) is 3.15. The zero-order valence-corrected chi connectivity index (χ0v) is 16.8. The van der Waals surface area contributed by atoms with Gasteiger partial charge in [-0.3, -0.25) is 14.5 Å². The molecule has 148 valence electrons. The molecule has 6 aliphatic rings. The number of amides is 1. The minimum absolute atomic E-state index is 0.0128. The van der Waals surface area contributed by atoms with Crippen molar-refractivity contribution in [3.05, 3.63) is 23.8 Å². The molecule has 3 spiro atoms. The maximum Gasteiger partial charge on any atom is 0.308 e.